The molecule has 2 aromatic heterocycles. The van der Waals surface area contributed by atoms with E-state index in [0.717, 1.165) is 29.8 Å². The number of ether oxygens (including phenoxy) is 1. The third kappa shape index (κ3) is 4.06. The highest BCUT2D eigenvalue weighted by atomic mass is 16.5. The van der Waals surface area contributed by atoms with E-state index in [1.165, 1.54) is 0 Å². The first kappa shape index (κ1) is 18.2. The maximum Gasteiger partial charge on any atom is 0.257 e. The van der Waals surface area contributed by atoms with Crippen molar-refractivity contribution in [1.82, 2.24) is 14.9 Å². The van der Waals surface area contributed by atoms with Gasteiger partial charge in [-0.05, 0) is 43.2 Å². The van der Waals surface area contributed by atoms with Crippen LogP contribution in [0.15, 0.2) is 59.5 Å². The molecule has 1 aromatic carbocycles. The molecule has 6 nitrogen and oxygen atoms in total. The molecular formula is C22H23N3O3. The number of H-pyrrole nitrogens is 1. The largest absolute Gasteiger partial charge is 0.493 e. The molecule has 1 amide bonds. The summed E-state index contributed by atoms with van der Waals surface area (Å²) >= 11 is 0. The van der Waals surface area contributed by atoms with Gasteiger partial charge in [-0.1, -0.05) is 18.2 Å². The second-order valence-corrected chi connectivity index (χ2v) is 7.06. The Labute approximate surface area is 163 Å². The van der Waals surface area contributed by atoms with Gasteiger partial charge in [0.1, 0.15) is 5.75 Å². The number of aromatic amines is 1. The Balaban J connectivity index is 1.32. The number of hydrogen-bond donors (Lipinski definition) is 1. The van der Waals surface area contributed by atoms with Crippen LogP contribution in [-0.2, 0) is 4.79 Å². The van der Waals surface area contributed by atoms with E-state index in [1.54, 1.807) is 18.3 Å². The number of carbonyl (C=O) groups excluding carboxylic acids is 1. The fourth-order valence-corrected chi connectivity index (χ4v) is 3.70. The number of hydrogen-bond acceptors (Lipinski definition) is 4. The molecule has 144 valence electrons. The molecule has 0 bridgehead atoms. The van der Waals surface area contributed by atoms with E-state index in [9.17, 15) is 9.59 Å². The molecule has 4 rings (SSSR count). The van der Waals surface area contributed by atoms with Crippen molar-refractivity contribution in [3.63, 3.8) is 0 Å². The Morgan fingerprint density at radius 1 is 1.14 bits per heavy atom. The topological polar surface area (TPSA) is 75.3 Å². The van der Waals surface area contributed by atoms with E-state index in [-0.39, 0.29) is 17.4 Å². The summed E-state index contributed by atoms with van der Waals surface area (Å²) in [6.07, 6.45) is 3.74. The molecule has 1 N–H and O–H groups in total. The van der Waals surface area contributed by atoms with E-state index in [1.807, 2.05) is 41.3 Å². The van der Waals surface area contributed by atoms with Crippen LogP contribution in [0, 0.1) is 0 Å². The highest BCUT2D eigenvalue weighted by Gasteiger charge is 2.24. The van der Waals surface area contributed by atoms with Crippen LogP contribution >= 0.6 is 0 Å². The number of aromatic nitrogens is 2. The molecular weight excluding hydrogens is 354 g/mol. The van der Waals surface area contributed by atoms with E-state index in [4.69, 9.17) is 4.74 Å². The minimum Gasteiger partial charge on any atom is -0.493 e. The van der Waals surface area contributed by atoms with Gasteiger partial charge in [-0.15, -0.1) is 0 Å². The maximum atomic E-state index is 12.4. The van der Waals surface area contributed by atoms with Crippen molar-refractivity contribution in [2.75, 3.05) is 19.7 Å². The normalized spacial score (nSPS) is 14.9. The molecule has 28 heavy (non-hydrogen) atoms. The molecule has 0 aliphatic carbocycles. The first-order valence-corrected chi connectivity index (χ1v) is 9.64. The second kappa shape index (κ2) is 8.25. The van der Waals surface area contributed by atoms with Gasteiger partial charge in [-0.25, -0.2) is 0 Å². The number of carbonyl (C=O) groups is 1. The van der Waals surface area contributed by atoms with Crippen molar-refractivity contribution in [1.29, 1.82) is 0 Å². The number of nitrogens with zero attached hydrogens (tertiary/aromatic N) is 2. The Morgan fingerprint density at radius 3 is 2.71 bits per heavy atom. The van der Waals surface area contributed by atoms with Crippen LogP contribution in [-0.4, -0.2) is 40.5 Å². The number of pyridine rings is 2. The van der Waals surface area contributed by atoms with E-state index in [0.29, 0.717) is 31.5 Å². The zero-order chi connectivity index (χ0) is 19.3. The number of benzene rings is 1. The van der Waals surface area contributed by atoms with Crippen LogP contribution < -0.4 is 10.3 Å². The molecule has 1 aliphatic heterocycles. The standard InChI is InChI=1S/C22H23N3O3/c26-21(10-14-28-17-5-2-1-3-6-17)25-12-8-16(9-13-25)19-15-20-18(22(27)24-19)7-4-11-23-20/h1-7,11,15-16H,8-10,12-14H2,(H,24,27). The van der Waals surface area contributed by atoms with Gasteiger partial charge in [-0.2, -0.15) is 0 Å². The third-order valence-corrected chi connectivity index (χ3v) is 5.25. The lowest BCUT2D eigenvalue weighted by molar-refractivity contribution is -0.132. The van der Waals surface area contributed by atoms with Crippen molar-refractivity contribution < 1.29 is 9.53 Å². The highest BCUT2D eigenvalue weighted by molar-refractivity contribution is 5.77. The molecule has 3 heterocycles. The zero-order valence-electron chi connectivity index (χ0n) is 15.6. The van der Waals surface area contributed by atoms with Crippen LogP contribution in [0.25, 0.3) is 10.9 Å². The molecule has 1 saturated heterocycles. The number of piperidine rings is 1. The Morgan fingerprint density at radius 2 is 1.93 bits per heavy atom. The predicted octanol–water partition coefficient (Wildman–Crippen LogP) is 3.10. The van der Waals surface area contributed by atoms with Crippen molar-refractivity contribution in [3.8, 4) is 5.75 Å². The fraction of sp³-hybridized carbons (Fsp3) is 0.318. The third-order valence-electron chi connectivity index (χ3n) is 5.25. The summed E-state index contributed by atoms with van der Waals surface area (Å²) in [5.41, 5.74) is 1.53. The zero-order valence-corrected chi connectivity index (χ0v) is 15.6. The predicted molar refractivity (Wildman–Crippen MR) is 107 cm³/mol. The quantitative estimate of drug-likeness (QED) is 0.741. The molecule has 0 saturated carbocycles. The van der Waals surface area contributed by atoms with Crippen LogP contribution in [0.5, 0.6) is 5.75 Å². The van der Waals surface area contributed by atoms with E-state index in [2.05, 4.69) is 9.97 Å². The number of rotatable bonds is 5. The Kier molecular flexibility index (Phi) is 5.37. The van der Waals surface area contributed by atoms with Crippen LogP contribution in [0.1, 0.15) is 30.9 Å². The van der Waals surface area contributed by atoms with Crippen molar-refractivity contribution in [3.05, 3.63) is 70.8 Å². The minimum absolute atomic E-state index is 0.0998. The molecule has 6 heteroatoms. The first-order valence-electron chi connectivity index (χ1n) is 9.64. The summed E-state index contributed by atoms with van der Waals surface area (Å²) in [6, 6.07) is 15.0. The smallest absolute Gasteiger partial charge is 0.257 e. The SMILES string of the molecule is O=C(CCOc1ccccc1)N1CCC(c2cc3ncccc3c(=O)[nH]2)CC1. The first-order chi connectivity index (χ1) is 13.7. The number of nitrogens with one attached hydrogen (secondary N) is 1. The average Bonchev–Trinajstić information content (AvgIpc) is 2.74. The van der Waals surface area contributed by atoms with Crippen LogP contribution in [0.4, 0.5) is 0 Å². The van der Waals surface area contributed by atoms with Crippen molar-refractivity contribution in [2.24, 2.45) is 0 Å². The fourth-order valence-electron chi connectivity index (χ4n) is 3.70. The average molecular weight is 377 g/mol. The summed E-state index contributed by atoms with van der Waals surface area (Å²) < 4.78 is 5.62. The molecule has 0 unspecified atom stereocenters. The van der Waals surface area contributed by atoms with Gasteiger partial charge < -0.3 is 14.6 Å². The van der Waals surface area contributed by atoms with Crippen molar-refractivity contribution in [2.45, 2.75) is 25.2 Å². The molecule has 0 atom stereocenters. The van der Waals surface area contributed by atoms with Gasteiger partial charge in [0.25, 0.3) is 5.56 Å². The molecule has 0 radical (unpaired) electrons. The lowest BCUT2D eigenvalue weighted by Crippen LogP contribution is -2.38. The van der Waals surface area contributed by atoms with Gasteiger partial charge in [0.15, 0.2) is 0 Å². The van der Waals surface area contributed by atoms with Gasteiger partial charge in [-0.3, -0.25) is 14.6 Å². The second-order valence-electron chi connectivity index (χ2n) is 7.06. The number of fused-ring (bicyclic) bond motifs is 1. The van der Waals surface area contributed by atoms with Gasteiger partial charge in [0, 0.05) is 30.9 Å². The monoisotopic (exact) mass is 377 g/mol. The molecule has 1 aliphatic rings. The number of likely N-dealkylation sites (tertiary alicyclic amines) is 1. The highest BCUT2D eigenvalue weighted by Crippen LogP contribution is 2.27. The maximum absolute atomic E-state index is 12.4. The van der Waals surface area contributed by atoms with E-state index >= 15 is 0 Å². The lowest BCUT2D eigenvalue weighted by atomic mass is 9.92. The van der Waals surface area contributed by atoms with Crippen LogP contribution in [0.2, 0.25) is 0 Å². The minimum atomic E-state index is -0.0998. The molecule has 1 fully saturated rings. The lowest BCUT2D eigenvalue weighted by Gasteiger charge is -2.32. The number of amides is 1. The van der Waals surface area contributed by atoms with Crippen molar-refractivity contribution >= 4 is 16.8 Å². The summed E-state index contributed by atoms with van der Waals surface area (Å²) in [5, 5.41) is 0.609. The summed E-state index contributed by atoms with van der Waals surface area (Å²) in [6.45, 7) is 1.76. The molecule has 3 aromatic rings. The summed E-state index contributed by atoms with van der Waals surface area (Å²) in [7, 11) is 0. The van der Waals surface area contributed by atoms with Gasteiger partial charge in [0.05, 0.1) is 23.9 Å². The van der Waals surface area contributed by atoms with Gasteiger partial charge >= 0.3 is 0 Å². The summed E-state index contributed by atoms with van der Waals surface area (Å²) in [5.74, 6) is 1.13. The number of para-hydroxylation sites is 1. The Bertz CT molecular complexity index is 1010. The molecule has 0 spiro atoms. The van der Waals surface area contributed by atoms with Gasteiger partial charge in [0.2, 0.25) is 5.91 Å². The van der Waals surface area contributed by atoms with E-state index < -0.39 is 0 Å². The summed E-state index contributed by atoms with van der Waals surface area (Å²) in [4.78, 5) is 33.9. The Hall–Kier alpha value is -3.15. The van der Waals surface area contributed by atoms with Crippen LogP contribution in [0.3, 0.4) is 0 Å².